The van der Waals surface area contributed by atoms with Crippen LogP contribution in [0.15, 0.2) is 29.3 Å². The number of rotatable bonds is 8. The zero-order chi connectivity index (χ0) is 14.6. The Morgan fingerprint density at radius 1 is 1.20 bits per heavy atom. The smallest absolute Gasteiger partial charge is 0.210 e. The van der Waals surface area contributed by atoms with Crippen LogP contribution in [0.5, 0.6) is 5.75 Å². The zero-order valence-electron chi connectivity index (χ0n) is 12.2. The summed E-state index contributed by atoms with van der Waals surface area (Å²) in [7, 11) is 0. The molecule has 0 radical (unpaired) electrons. The number of aliphatic imine (C=N–C) groups is 1. The number of nitrogens with one attached hydrogen (secondary N) is 2. The van der Waals surface area contributed by atoms with Gasteiger partial charge in [-0.2, -0.15) is 0 Å². The molecule has 0 aliphatic carbocycles. The Morgan fingerprint density at radius 2 is 1.95 bits per heavy atom. The van der Waals surface area contributed by atoms with Crippen LogP contribution in [0, 0.1) is 0 Å². The number of hydrogen-bond acceptors (Lipinski definition) is 4. The highest BCUT2D eigenvalue weighted by Gasteiger charge is 1.98. The van der Waals surface area contributed by atoms with E-state index in [-0.39, 0.29) is 0 Å². The number of guanidine groups is 1. The van der Waals surface area contributed by atoms with Gasteiger partial charge in [-0.3, -0.25) is 10.4 Å². The van der Waals surface area contributed by atoms with E-state index in [2.05, 4.69) is 15.7 Å². The molecule has 1 aromatic carbocycles. The van der Waals surface area contributed by atoms with Crippen molar-refractivity contribution in [2.24, 2.45) is 10.8 Å². The Balaban J connectivity index is 2.44. The Kier molecular flexibility index (Phi) is 8.17. The molecule has 0 bridgehead atoms. The lowest BCUT2D eigenvalue weighted by molar-refractivity contribution is 0.146. The van der Waals surface area contributed by atoms with Gasteiger partial charge < -0.3 is 14.8 Å². The van der Waals surface area contributed by atoms with Crippen LogP contribution in [-0.2, 0) is 4.74 Å². The second-order valence-electron chi connectivity index (χ2n) is 4.01. The molecule has 0 aliphatic heterocycles. The molecule has 0 spiro atoms. The highest BCUT2D eigenvalue weighted by atomic mass is 16.5. The second-order valence-corrected chi connectivity index (χ2v) is 4.01. The second kappa shape index (κ2) is 10.1. The third kappa shape index (κ3) is 6.40. The van der Waals surface area contributed by atoms with Crippen LogP contribution in [0.4, 0.5) is 5.69 Å². The van der Waals surface area contributed by atoms with Gasteiger partial charge in [-0.1, -0.05) is 0 Å². The van der Waals surface area contributed by atoms with Crippen molar-refractivity contribution in [3.8, 4) is 5.75 Å². The van der Waals surface area contributed by atoms with E-state index in [1.54, 1.807) is 0 Å². The first-order valence-corrected chi connectivity index (χ1v) is 6.88. The standard InChI is InChI=1S/C14H24N4O2/c1-3-19-11-5-10-16-14(18-15)17-12-6-8-13(9-7-12)20-4-2/h6-9H,3-5,10-11,15H2,1-2H3,(H2,16,17,18). The van der Waals surface area contributed by atoms with Crippen molar-refractivity contribution in [3.63, 3.8) is 0 Å². The van der Waals surface area contributed by atoms with Gasteiger partial charge in [0, 0.05) is 25.4 Å². The highest BCUT2D eigenvalue weighted by Crippen LogP contribution is 2.15. The van der Waals surface area contributed by atoms with E-state index in [9.17, 15) is 0 Å². The largest absolute Gasteiger partial charge is 0.494 e. The van der Waals surface area contributed by atoms with Gasteiger partial charge in [0.05, 0.1) is 6.61 Å². The van der Waals surface area contributed by atoms with E-state index in [1.165, 1.54) is 0 Å². The third-order valence-electron chi connectivity index (χ3n) is 2.49. The molecule has 0 amide bonds. The number of benzene rings is 1. The molecule has 0 saturated carbocycles. The third-order valence-corrected chi connectivity index (χ3v) is 2.49. The number of hydrazine groups is 1. The van der Waals surface area contributed by atoms with Gasteiger partial charge in [0.15, 0.2) is 0 Å². The van der Waals surface area contributed by atoms with Gasteiger partial charge in [-0.15, -0.1) is 0 Å². The van der Waals surface area contributed by atoms with Gasteiger partial charge in [0.2, 0.25) is 5.96 Å². The lowest BCUT2D eigenvalue weighted by Gasteiger charge is -2.10. The molecule has 1 aromatic rings. The Hall–Kier alpha value is -1.79. The molecule has 20 heavy (non-hydrogen) atoms. The number of nitrogens with two attached hydrogens (primary N) is 1. The molecule has 0 aliphatic rings. The Morgan fingerprint density at radius 3 is 2.55 bits per heavy atom. The van der Waals surface area contributed by atoms with Gasteiger partial charge in [-0.25, -0.2) is 5.84 Å². The van der Waals surface area contributed by atoms with Crippen molar-refractivity contribution < 1.29 is 9.47 Å². The van der Waals surface area contributed by atoms with E-state index >= 15 is 0 Å². The van der Waals surface area contributed by atoms with Crippen molar-refractivity contribution in [2.45, 2.75) is 20.3 Å². The molecular formula is C14H24N4O2. The van der Waals surface area contributed by atoms with Gasteiger partial charge >= 0.3 is 0 Å². The minimum atomic E-state index is 0.533. The van der Waals surface area contributed by atoms with E-state index < -0.39 is 0 Å². The molecule has 0 fully saturated rings. The Bertz CT molecular complexity index is 393. The Labute approximate surface area is 120 Å². The fourth-order valence-corrected chi connectivity index (χ4v) is 1.56. The van der Waals surface area contributed by atoms with Crippen LogP contribution in [0.25, 0.3) is 0 Å². The normalized spacial score (nSPS) is 11.2. The van der Waals surface area contributed by atoms with Crippen molar-refractivity contribution in [3.05, 3.63) is 24.3 Å². The zero-order valence-corrected chi connectivity index (χ0v) is 12.2. The molecule has 4 N–H and O–H groups in total. The number of hydrogen-bond donors (Lipinski definition) is 3. The highest BCUT2D eigenvalue weighted by molar-refractivity contribution is 5.93. The van der Waals surface area contributed by atoms with Crippen LogP contribution in [0.1, 0.15) is 20.3 Å². The lowest BCUT2D eigenvalue weighted by atomic mass is 10.3. The summed E-state index contributed by atoms with van der Waals surface area (Å²) in [4.78, 5) is 4.33. The van der Waals surface area contributed by atoms with E-state index in [1.807, 2.05) is 38.1 Å². The average molecular weight is 280 g/mol. The molecule has 0 atom stereocenters. The number of ether oxygens (including phenoxy) is 2. The van der Waals surface area contributed by atoms with E-state index in [0.29, 0.717) is 25.7 Å². The first-order valence-electron chi connectivity index (χ1n) is 6.88. The summed E-state index contributed by atoms with van der Waals surface area (Å²) in [5.74, 6) is 6.81. The van der Waals surface area contributed by atoms with E-state index in [4.69, 9.17) is 15.3 Å². The van der Waals surface area contributed by atoms with E-state index in [0.717, 1.165) is 24.5 Å². The SMILES string of the molecule is CCOCCCN=C(NN)Nc1ccc(OCC)cc1. The monoisotopic (exact) mass is 280 g/mol. The van der Waals surface area contributed by atoms with Crippen molar-refractivity contribution >= 4 is 11.6 Å². The minimum absolute atomic E-state index is 0.533. The molecule has 0 heterocycles. The topological polar surface area (TPSA) is 80.9 Å². The molecular weight excluding hydrogens is 256 g/mol. The summed E-state index contributed by atoms with van der Waals surface area (Å²) in [6.07, 6.45) is 0.865. The van der Waals surface area contributed by atoms with Crippen LogP contribution in [-0.4, -0.2) is 32.3 Å². The summed E-state index contributed by atoms with van der Waals surface area (Å²) in [6, 6.07) is 7.63. The fraction of sp³-hybridized carbons (Fsp3) is 0.500. The maximum atomic E-state index is 5.44. The van der Waals surface area contributed by atoms with Crippen LogP contribution < -0.4 is 21.3 Å². The summed E-state index contributed by atoms with van der Waals surface area (Å²) in [6.45, 7) is 6.69. The molecule has 6 nitrogen and oxygen atoms in total. The average Bonchev–Trinajstić information content (AvgIpc) is 2.48. The predicted octanol–water partition coefficient (Wildman–Crippen LogP) is 1.74. The van der Waals surface area contributed by atoms with Crippen molar-refractivity contribution in [1.82, 2.24) is 5.43 Å². The first kappa shape index (κ1) is 16.3. The van der Waals surface area contributed by atoms with Crippen LogP contribution in [0.3, 0.4) is 0 Å². The number of anilines is 1. The van der Waals surface area contributed by atoms with Gasteiger partial charge in [0.1, 0.15) is 5.75 Å². The number of nitrogens with zero attached hydrogens (tertiary/aromatic N) is 1. The van der Waals surface area contributed by atoms with Crippen LogP contribution >= 0.6 is 0 Å². The summed E-state index contributed by atoms with van der Waals surface area (Å²) >= 11 is 0. The van der Waals surface area contributed by atoms with Crippen molar-refractivity contribution in [1.29, 1.82) is 0 Å². The molecule has 112 valence electrons. The maximum absolute atomic E-state index is 5.44. The molecule has 1 rings (SSSR count). The molecule has 0 unspecified atom stereocenters. The molecule has 6 heteroatoms. The maximum Gasteiger partial charge on any atom is 0.210 e. The minimum Gasteiger partial charge on any atom is -0.494 e. The summed E-state index contributed by atoms with van der Waals surface area (Å²) in [5, 5.41) is 3.11. The molecule has 0 saturated heterocycles. The summed E-state index contributed by atoms with van der Waals surface area (Å²) < 4.78 is 10.6. The quantitative estimate of drug-likeness (QED) is 0.222. The fourth-order valence-electron chi connectivity index (χ4n) is 1.56. The molecule has 0 aromatic heterocycles. The van der Waals surface area contributed by atoms with Gasteiger partial charge in [-0.05, 0) is 44.5 Å². The van der Waals surface area contributed by atoms with Crippen molar-refractivity contribution in [2.75, 3.05) is 31.7 Å². The van der Waals surface area contributed by atoms with Gasteiger partial charge in [0.25, 0.3) is 0 Å². The lowest BCUT2D eigenvalue weighted by Crippen LogP contribution is -2.36. The van der Waals surface area contributed by atoms with Crippen LogP contribution in [0.2, 0.25) is 0 Å². The first-order chi connectivity index (χ1) is 9.80. The summed E-state index contributed by atoms with van der Waals surface area (Å²) in [5.41, 5.74) is 3.45. The predicted molar refractivity (Wildman–Crippen MR) is 82.0 cm³/mol.